The van der Waals surface area contributed by atoms with E-state index in [9.17, 15) is 9.90 Å². The average Bonchev–Trinajstić information content (AvgIpc) is 3.48. The summed E-state index contributed by atoms with van der Waals surface area (Å²) in [6.07, 6.45) is 1.41. The van der Waals surface area contributed by atoms with Gasteiger partial charge in [-0.2, -0.15) is 0 Å². The number of hydrogen-bond acceptors (Lipinski definition) is 5. The Labute approximate surface area is 173 Å². The summed E-state index contributed by atoms with van der Waals surface area (Å²) >= 11 is 3.58. The number of nitrogens with zero attached hydrogens (tertiary/aromatic N) is 2. The average molecular weight is 449 g/mol. The topological polar surface area (TPSA) is 65.5 Å². The Bertz CT molecular complexity index is 838. The molecular weight excluding hydrogens is 424 g/mol. The maximum absolute atomic E-state index is 13.4. The molecular formula is C21H25BrN2O4. The lowest BCUT2D eigenvalue weighted by atomic mass is 9.94. The Hall–Kier alpha value is -1.83. The largest absolute Gasteiger partial charge is 0.488 e. The highest BCUT2D eigenvalue weighted by Crippen LogP contribution is 2.46. The van der Waals surface area contributed by atoms with Crippen LogP contribution in [0.1, 0.15) is 26.3 Å². The Morgan fingerprint density at radius 3 is 2.68 bits per heavy atom. The molecule has 1 aromatic rings. The second kappa shape index (κ2) is 7.21. The van der Waals surface area contributed by atoms with Crippen molar-refractivity contribution in [1.82, 2.24) is 9.80 Å². The van der Waals surface area contributed by atoms with Gasteiger partial charge in [-0.3, -0.25) is 4.79 Å². The molecule has 7 heteroatoms. The van der Waals surface area contributed by atoms with Gasteiger partial charge in [0.25, 0.3) is 5.91 Å². The first kappa shape index (κ1) is 19.5. The molecule has 3 aliphatic rings. The van der Waals surface area contributed by atoms with Crippen LogP contribution in [0.15, 0.2) is 52.5 Å². The number of amides is 1. The van der Waals surface area contributed by atoms with Gasteiger partial charge in [0.2, 0.25) is 0 Å². The highest BCUT2D eigenvalue weighted by atomic mass is 79.9. The lowest BCUT2D eigenvalue weighted by Gasteiger charge is -2.49. The first-order valence-corrected chi connectivity index (χ1v) is 10.3. The van der Waals surface area contributed by atoms with Gasteiger partial charge in [0.05, 0.1) is 12.1 Å². The van der Waals surface area contributed by atoms with Crippen molar-refractivity contribution >= 4 is 21.8 Å². The minimum Gasteiger partial charge on any atom is -0.488 e. The third-order valence-corrected chi connectivity index (χ3v) is 6.16. The zero-order valence-electron chi connectivity index (χ0n) is 16.3. The van der Waals surface area contributed by atoms with Crippen molar-refractivity contribution < 1.29 is 19.4 Å². The monoisotopic (exact) mass is 448 g/mol. The second-order valence-electron chi connectivity index (χ2n) is 8.03. The van der Waals surface area contributed by atoms with E-state index in [0.717, 1.165) is 10.0 Å². The first-order chi connectivity index (χ1) is 13.4. The van der Waals surface area contributed by atoms with Crippen LogP contribution in [-0.4, -0.2) is 57.8 Å². The van der Waals surface area contributed by atoms with E-state index >= 15 is 0 Å². The highest BCUT2D eigenvalue weighted by Gasteiger charge is 2.55. The van der Waals surface area contributed by atoms with Gasteiger partial charge >= 0.3 is 0 Å². The van der Waals surface area contributed by atoms with Gasteiger partial charge in [0.15, 0.2) is 5.76 Å². The van der Waals surface area contributed by atoms with Crippen LogP contribution < -0.4 is 0 Å². The van der Waals surface area contributed by atoms with Crippen LogP contribution in [0, 0.1) is 0 Å². The molecule has 3 heterocycles. The van der Waals surface area contributed by atoms with Crippen LogP contribution in [0.2, 0.25) is 0 Å². The van der Waals surface area contributed by atoms with E-state index in [0.29, 0.717) is 24.6 Å². The molecule has 2 fully saturated rings. The molecule has 3 atom stereocenters. The number of ether oxygens (including phenoxy) is 2. The van der Waals surface area contributed by atoms with Gasteiger partial charge < -0.3 is 24.4 Å². The van der Waals surface area contributed by atoms with E-state index in [1.165, 1.54) is 0 Å². The van der Waals surface area contributed by atoms with Crippen LogP contribution in [0.3, 0.4) is 0 Å². The van der Waals surface area contributed by atoms with E-state index in [4.69, 9.17) is 9.47 Å². The van der Waals surface area contributed by atoms with Gasteiger partial charge in [-0.05, 0) is 26.3 Å². The van der Waals surface area contributed by atoms with Crippen LogP contribution in [0.25, 0.3) is 0 Å². The second-order valence-corrected chi connectivity index (χ2v) is 8.95. The molecule has 0 bridgehead atoms. The SMILES string of the molecule is CC(C)N1CC(C)(CO)N2C=C(Br)C3OC3C(OCc3ccccc3)=C2C1=O. The normalized spacial score (nSPS) is 29.4. The van der Waals surface area contributed by atoms with Crippen molar-refractivity contribution in [2.24, 2.45) is 0 Å². The van der Waals surface area contributed by atoms with Crippen molar-refractivity contribution in [2.45, 2.75) is 51.2 Å². The number of hydrogen-bond donors (Lipinski definition) is 1. The van der Waals surface area contributed by atoms with E-state index in [1.54, 1.807) is 4.90 Å². The van der Waals surface area contributed by atoms with Crippen LogP contribution in [-0.2, 0) is 20.9 Å². The molecule has 3 unspecified atom stereocenters. The fourth-order valence-corrected chi connectivity index (χ4v) is 4.30. The zero-order chi connectivity index (χ0) is 20.1. The predicted octanol–water partition coefficient (Wildman–Crippen LogP) is 2.74. The van der Waals surface area contributed by atoms with Gasteiger partial charge in [0.1, 0.15) is 24.5 Å². The van der Waals surface area contributed by atoms with Gasteiger partial charge in [-0.15, -0.1) is 0 Å². The number of aliphatic hydroxyl groups excluding tert-OH is 1. The summed E-state index contributed by atoms with van der Waals surface area (Å²) in [6, 6.07) is 9.85. The summed E-state index contributed by atoms with van der Waals surface area (Å²) in [4.78, 5) is 17.1. The Morgan fingerprint density at radius 2 is 2.04 bits per heavy atom. The molecule has 0 aromatic heterocycles. The van der Waals surface area contributed by atoms with E-state index in [1.807, 2.05) is 62.2 Å². The quantitative estimate of drug-likeness (QED) is 0.701. The third kappa shape index (κ3) is 3.25. The first-order valence-electron chi connectivity index (χ1n) is 9.50. The van der Waals surface area contributed by atoms with Crippen molar-refractivity contribution in [1.29, 1.82) is 0 Å². The number of epoxide rings is 1. The number of carbonyl (C=O) groups excluding carboxylic acids is 1. The van der Waals surface area contributed by atoms with Crippen LogP contribution >= 0.6 is 15.9 Å². The molecule has 0 aliphatic carbocycles. The molecule has 3 aliphatic heterocycles. The number of halogens is 1. The zero-order valence-corrected chi connectivity index (χ0v) is 17.8. The van der Waals surface area contributed by atoms with E-state index in [2.05, 4.69) is 15.9 Å². The number of piperazine rings is 1. The molecule has 150 valence electrons. The molecule has 1 N–H and O–H groups in total. The number of rotatable bonds is 5. The lowest BCUT2D eigenvalue weighted by molar-refractivity contribution is -0.139. The predicted molar refractivity (Wildman–Crippen MR) is 108 cm³/mol. The van der Waals surface area contributed by atoms with Crippen molar-refractivity contribution in [2.75, 3.05) is 13.2 Å². The summed E-state index contributed by atoms with van der Waals surface area (Å²) in [5.74, 6) is 0.436. The maximum Gasteiger partial charge on any atom is 0.274 e. The van der Waals surface area contributed by atoms with Crippen LogP contribution in [0.4, 0.5) is 0 Å². The third-order valence-electron chi connectivity index (χ3n) is 5.51. The molecule has 1 amide bonds. The molecule has 1 aromatic carbocycles. The molecule has 0 radical (unpaired) electrons. The maximum atomic E-state index is 13.4. The molecule has 4 rings (SSSR count). The summed E-state index contributed by atoms with van der Waals surface area (Å²) < 4.78 is 12.8. The van der Waals surface area contributed by atoms with E-state index < -0.39 is 5.54 Å². The number of carbonyl (C=O) groups is 1. The fourth-order valence-electron chi connectivity index (χ4n) is 3.75. The number of benzene rings is 1. The van der Waals surface area contributed by atoms with Crippen molar-refractivity contribution in [3.8, 4) is 0 Å². The fraction of sp³-hybridized carbons (Fsp3) is 0.476. The lowest BCUT2D eigenvalue weighted by Crippen LogP contribution is -2.63. The highest BCUT2D eigenvalue weighted by molar-refractivity contribution is 9.11. The molecule has 0 saturated carbocycles. The Morgan fingerprint density at radius 1 is 1.32 bits per heavy atom. The number of fused-ring (bicyclic) bond motifs is 2. The molecule has 2 saturated heterocycles. The Balaban J connectivity index is 1.77. The molecule has 28 heavy (non-hydrogen) atoms. The minimum absolute atomic E-state index is 0.00925. The molecule has 0 spiro atoms. The van der Waals surface area contributed by atoms with Gasteiger partial charge in [-0.1, -0.05) is 46.3 Å². The van der Waals surface area contributed by atoms with E-state index in [-0.39, 0.29) is 30.8 Å². The summed E-state index contributed by atoms with van der Waals surface area (Å²) in [6.45, 7) is 6.61. The van der Waals surface area contributed by atoms with Crippen molar-refractivity contribution in [3.63, 3.8) is 0 Å². The standard InChI is InChI=1S/C21H25BrN2O4/c1-13(2)23-11-21(3,12-25)24-9-15(22)17-19(28-17)18(16(24)20(23)26)27-10-14-7-5-4-6-8-14/h4-9,13,17,19,25H,10-12H2,1-3H3. The molecule has 6 nitrogen and oxygen atoms in total. The summed E-state index contributed by atoms with van der Waals surface area (Å²) in [5.41, 5.74) is 0.823. The Kier molecular flexibility index (Phi) is 5.02. The number of aliphatic hydroxyl groups is 1. The van der Waals surface area contributed by atoms with Gasteiger partial charge in [0, 0.05) is 23.3 Å². The minimum atomic E-state index is -0.648. The van der Waals surface area contributed by atoms with Crippen molar-refractivity contribution in [3.05, 3.63) is 58.0 Å². The summed E-state index contributed by atoms with van der Waals surface area (Å²) in [7, 11) is 0. The van der Waals surface area contributed by atoms with Crippen LogP contribution in [0.5, 0.6) is 0 Å². The van der Waals surface area contributed by atoms with Gasteiger partial charge in [-0.25, -0.2) is 0 Å². The smallest absolute Gasteiger partial charge is 0.274 e. The summed E-state index contributed by atoms with van der Waals surface area (Å²) in [5, 5.41) is 10.2.